The van der Waals surface area contributed by atoms with Crippen molar-refractivity contribution in [3.8, 4) is 0 Å². The second-order valence-electron chi connectivity index (χ2n) is 17.0. The van der Waals surface area contributed by atoms with E-state index >= 15 is 0 Å². The first-order valence-electron chi connectivity index (χ1n) is 21.0. The van der Waals surface area contributed by atoms with Gasteiger partial charge < -0.3 is 10.6 Å². The summed E-state index contributed by atoms with van der Waals surface area (Å²) in [6.07, 6.45) is 2.33. The highest BCUT2D eigenvalue weighted by molar-refractivity contribution is 6.16. The Bertz CT molecular complexity index is 2380. The Kier molecular flexibility index (Phi) is 9.33. The molecule has 4 aromatic rings. The van der Waals surface area contributed by atoms with Crippen LogP contribution in [-0.2, 0) is 52.7 Å². The molecule has 4 fully saturated rings. The molecular formula is C46H42N8O8. The molecule has 8 unspecified atom stereocenters. The van der Waals surface area contributed by atoms with Crippen molar-refractivity contribution in [3.05, 3.63) is 141 Å². The standard InChI is InChI=1S/C46H42N8O8/c55-39-35-33(25-27-15-5-3-6-16-27)53(49-61)45(29-19-9-11-21-31(29)47-43(45)59)37(35)41(57)51(39)23-13-1-2-14-24-52-40(56)36-34(26-28-17-7-4-8-18-28)54(50-62)46(38(36)42(52)58)30-20-10-12-22-32(30)48-44(46)60/h3-12,15-22,33-38H,1-2,13-14,23-26H2,(H,47,59)(H,48,60). The minimum absolute atomic E-state index is 0.0784. The summed E-state index contributed by atoms with van der Waals surface area (Å²) in [5.74, 6) is -7.50. The van der Waals surface area contributed by atoms with E-state index in [1.165, 1.54) is 9.80 Å². The Balaban J connectivity index is 0.847. The molecule has 0 radical (unpaired) electrons. The highest BCUT2D eigenvalue weighted by atomic mass is 16.3. The lowest BCUT2D eigenvalue weighted by molar-refractivity contribution is -0.147. The summed E-state index contributed by atoms with van der Waals surface area (Å²) in [5, 5.41) is 14.7. The van der Waals surface area contributed by atoms with Crippen LogP contribution >= 0.6 is 0 Å². The Morgan fingerprint density at radius 3 is 1.23 bits per heavy atom. The number of carbonyl (C=O) groups excluding carboxylic acids is 6. The zero-order chi connectivity index (χ0) is 42.9. The number of nitrogens with zero attached hydrogens (tertiary/aromatic N) is 6. The number of amides is 6. The largest absolute Gasteiger partial charge is 0.323 e. The molecule has 4 saturated heterocycles. The number of rotatable bonds is 13. The number of benzene rings is 4. The second-order valence-corrected chi connectivity index (χ2v) is 17.0. The van der Waals surface area contributed by atoms with Gasteiger partial charge in [-0.05, 0) is 48.9 Å². The van der Waals surface area contributed by atoms with E-state index in [0.29, 0.717) is 48.2 Å². The van der Waals surface area contributed by atoms with Crippen LogP contribution in [0.5, 0.6) is 0 Å². The summed E-state index contributed by atoms with van der Waals surface area (Å²) in [5.41, 5.74) is -0.177. The topological polar surface area (TPSA) is 198 Å². The Morgan fingerprint density at radius 1 is 0.468 bits per heavy atom. The SMILES string of the molecule is O=NN1C(Cc2ccccc2)C2C(=O)N(CCCCCCN3C(=O)C4C(Cc5ccccc5)N(N=O)C5(C(=O)Nc6ccccc65)C4C3=O)C(=O)C2C12C(=O)Nc1ccccc12. The van der Waals surface area contributed by atoms with Crippen LogP contribution in [0.3, 0.4) is 0 Å². The highest BCUT2D eigenvalue weighted by Gasteiger charge is 2.76. The van der Waals surface area contributed by atoms with Crippen molar-refractivity contribution >= 4 is 46.8 Å². The first-order chi connectivity index (χ1) is 30.2. The summed E-state index contributed by atoms with van der Waals surface area (Å²) in [6.45, 7) is 0.157. The van der Waals surface area contributed by atoms with Crippen LogP contribution in [0.4, 0.5) is 11.4 Å². The summed E-state index contributed by atoms with van der Waals surface area (Å²) in [4.78, 5) is 114. The third-order valence-electron chi connectivity index (χ3n) is 14.1. The average molecular weight is 835 g/mol. The fourth-order valence-electron chi connectivity index (χ4n) is 11.6. The molecule has 10 rings (SSSR count). The van der Waals surface area contributed by atoms with Crippen molar-refractivity contribution in [1.82, 2.24) is 19.8 Å². The molecule has 6 aliphatic rings. The van der Waals surface area contributed by atoms with Crippen LogP contribution in [-0.4, -0.2) is 80.4 Å². The Labute approximate surface area is 355 Å². The maximum Gasteiger partial charge on any atom is 0.257 e. The molecule has 314 valence electrons. The van der Waals surface area contributed by atoms with E-state index in [1.54, 1.807) is 48.5 Å². The third kappa shape index (κ3) is 5.30. The number of nitrogens with one attached hydrogen (secondary N) is 2. The molecule has 0 bridgehead atoms. The molecule has 2 spiro atoms. The van der Waals surface area contributed by atoms with Gasteiger partial charge in [-0.2, -0.15) is 0 Å². The van der Waals surface area contributed by atoms with Gasteiger partial charge in [0.15, 0.2) is 11.1 Å². The first kappa shape index (κ1) is 39.1. The van der Waals surface area contributed by atoms with E-state index in [-0.39, 0.29) is 25.9 Å². The van der Waals surface area contributed by atoms with Crippen LogP contribution in [0.2, 0.25) is 0 Å². The van der Waals surface area contributed by atoms with E-state index in [4.69, 9.17) is 0 Å². The molecule has 0 saturated carbocycles. The van der Waals surface area contributed by atoms with Crippen molar-refractivity contribution in [3.63, 3.8) is 0 Å². The van der Waals surface area contributed by atoms with E-state index in [2.05, 4.69) is 21.2 Å². The predicted molar refractivity (Wildman–Crippen MR) is 223 cm³/mol. The van der Waals surface area contributed by atoms with Crippen LogP contribution in [0.1, 0.15) is 47.9 Å². The van der Waals surface area contributed by atoms with Gasteiger partial charge in [0.05, 0.1) is 46.3 Å². The van der Waals surface area contributed by atoms with E-state index in [0.717, 1.165) is 21.1 Å². The van der Waals surface area contributed by atoms with Crippen molar-refractivity contribution in [1.29, 1.82) is 0 Å². The number of unbranched alkanes of at least 4 members (excludes halogenated alkanes) is 3. The van der Waals surface area contributed by atoms with Gasteiger partial charge >= 0.3 is 0 Å². The quantitative estimate of drug-likeness (QED) is 0.109. The number of likely N-dealkylation sites (tertiary alicyclic amines) is 2. The molecule has 16 heteroatoms. The van der Waals surface area contributed by atoms with Crippen molar-refractivity contribution < 1.29 is 28.8 Å². The summed E-state index contributed by atoms with van der Waals surface area (Å²) < 4.78 is 0. The van der Waals surface area contributed by atoms with Crippen molar-refractivity contribution in [2.45, 2.75) is 61.7 Å². The zero-order valence-electron chi connectivity index (χ0n) is 33.5. The van der Waals surface area contributed by atoms with Gasteiger partial charge in [0, 0.05) is 35.6 Å². The lowest BCUT2D eigenvalue weighted by atomic mass is 9.76. The molecule has 4 aromatic carbocycles. The first-order valence-corrected chi connectivity index (χ1v) is 21.0. The highest BCUT2D eigenvalue weighted by Crippen LogP contribution is 2.60. The Hall–Kier alpha value is -7.10. The predicted octanol–water partition coefficient (Wildman–Crippen LogP) is 4.66. The van der Waals surface area contributed by atoms with E-state index in [9.17, 15) is 38.6 Å². The smallest absolute Gasteiger partial charge is 0.257 e. The molecule has 16 nitrogen and oxygen atoms in total. The third-order valence-corrected chi connectivity index (χ3v) is 14.1. The lowest BCUT2D eigenvalue weighted by Gasteiger charge is -2.35. The van der Waals surface area contributed by atoms with Gasteiger partial charge in [0.2, 0.25) is 23.6 Å². The molecule has 0 aliphatic carbocycles. The van der Waals surface area contributed by atoms with Crippen LogP contribution in [0, 0.1) is 33.5 Å². The number of carbonyl (C=O) groups is 6. The van der Waals surface area contributed by atoms with Gasteiger partial charge in [0.25, 0.3) is 11.8 Å². The zero-order valence-corrected chi connectivity index (χ0v) is 33.5. The van der Waals surface area contributed by atoms with Crippen molar-refractivity contribution in [2.24, 2.45) is 34.2 Å². The van der Waals surface area contributed by atoms with E-state index < -0.39 is 82.3 Å². The average Bonchev–Trinajstić information content (AvgIpc) is 4.05. The fourth-order valence-corrected chi connectivity index (χ4v) is 11.6. The minimum Gasteiger partial charge on any atom is -0.323 e. The minimum atomic E-state index is -1.80. The van der Waals surface area contributed by atoms with Gasteiger partial charge in [0.1, 0.15) is 0 Å². The molecule has 6 amide bonds. The van der Waals surface area contributed by atoms with Crippen LogP contribution in [0.25, 0.3) is 0 Å². The molecule has 2 N–H and O–H groups in total. The van der Waals surface area contributed by atoms with Crippen LogP contribution in [0.15, 0.2) is 120 Å². The molecule has 6 heterocycles. The normalized spacial score (nSPS) is 29.1. The van der Waals surface area contributed by atoms with Crippen LogP contribution < -0.4 is 10.6 Å². The monoisotopic (exact) mass is 834 g/mol. The molecule has 0 aromatic heterocycles. The summed E-state index contributed by atoms with van der Waals surface area (Å²) >= 11 is 0. The van der Waals surface area contributed by atoms with E-state index in [1.807, 2.05) is 60.7 Å². The van der Waals surface area contributed by atoms with Gasteiger partial charge in [-0.15, -0.1) is 9.81 Å². The summed E-state index contributed by atoms with van der Waals surface area (Å²) in [7, 11) is 0. The number of nitroso groups, excluding NO2 is 2. The van der Waals surface area contributed by atoms with Crippen molar-refractivity contribution in [2.75, 3.05) is 23.7 Å². The molecular weight excluding hydrogens is 793 g/mol. The molecule has 62 heavy (non-hydrogen) atoms. The number of hydrogen-bond acceptors (Lipinski definition) is 10. The molecule has 8 atom stereocenters. The fraction of sp³-hybridized carbons (Fsp3) is 0.348. The van der Waals surface area contributed by atoms with Gasteiger partial charge in [-0.3, -0.25) is 38.6 Å². The maximum atomic E-state index is 14.4. The summed E-state index contributed by atoms with van der Waals surface area (Å²) in [6, 6.07) is 30.5. The second kappa shape index (κ2) is 14.8. The molecule has 6 aliphatic heterocycles. The maximum absolute atomic E-state index is 14.4. The van der Waals surface area contributed by atoms with Gasteiger partial charge in [-0.25, -0.2) is 10.0 Å². The number of hydrogen-bond donors (Lipinski definition) is 2. The number of para-hydroxylation sites is 2. The lowest BCUT2D eigenvalue weighted by Crippen LogP contribution is -2.53. The number of imide groups is 2. The number of fused-ring (bicyclic) bond motifs is 8. The van der Waals surface area contributed by atoms with Gasteiger partial charge in [-0.1, -0.05) is 110 Å². The number of anilines is 2. The Morgan fingerprint density at radius 2 is 0.839 bits per heavy atom.